The average Bonchev–Trinajstić information content (AvgIpc) is 2.96. The number of hydrogen-bond donors (Lipinski definition) is 2. The molecular formula is C17H26ClN3O2. The highest BCUT2D eigenvalue weighted by atomic mass is 35.5. The quantitative estimate of drug-likeness (QED) is 0.710. The Bertz CT molecular complexity index is 497. The number of amides is 2. The molecule has 0 aromatic heterocycles. The van der Waals surface area contributed by atoms with E-state index in [-0.39, 0.29) is 24.2 Å². The number of hydrogen-bond acceptors (Lipinski definition) is 3. The van der Waals surface area contributed by atoms with Crippen LogP contribution in [0.2, 0.25) is 0 Å². The second-order valence-corrected chi connectivity index (χ2v) is 5.68. The van der Waals surface area contributed by atoms with Crippen molar-refractivity contribution in [3.05, 3.63) is 35.4 Å². The van der Waals surface area contributed by atoms with E-state index in [2.05, 4.69) is 22.8 Å². The van der Waals surface area contributed by atoms with Crippen LogP contribution in [0.5, 0.6) is 0 Å². The van der Waals surface area contributed by atoms with Crippen LogP contribution in [0.25, 0.3) is 0 Å². The first-order valence-corrected chi connectivity index (χ1v) is 7.96. The number of fused-ring (bicyclic) bond motifs is 1. The maximum absolute atomic E-state index is 12.2. The number of rotatable bonds is 8. The molecule has 128 valence electrons. The fourth-order valence-corrected chi connectivity index (χ4v) is 2.65. The van der Waals surface area contributed by atoms with Crippen molar-refractivity contribution in [3.63, 3.8) is 0 Å². The predicted octanol–water partition coefficient (Wildman–Crippen LogP) is 1.85. The number of nitrogens with zero attached hydrogens (tertiary/aromatic N) is 1. The summed E-state index contributed by atoms with van der Waals surface area (Å²) in [6.07, 6.45) is 2.57. The Morgan fingerprint density at radius 3 is 2.26 bits per heavy atom. The standard InChI is InChI=1S/C17H25N3O2.ClH/c1-18-10-4-8-16(21)19-11-5-9-17(22)20-12-14-6-2-3-7-15(14)13-20;/h2-3,6-7,18H,4-5,8-13H2,1H3,(H,19,21);1H. The first-order valence-electron chi connectivity index (χ1n) is 7.96. The number of benzene rings is 1. The fourth-order valence-electron chi connectivity index (χ4n) is 2.65. The minimum absolute atomic E-state index is 0. The zero-order valence-electron chi connectivity index (χ0n) is 13.6. The molecule has 0 fully saturated rings. The van der Waals surface area contributed by atoms with Gasteiger partial charge in [-0.3, -0.25) is 9.59 Å². The SMILES string of the molecule is CNCCCC(=O)NCCCC(=O)N1Cc2ccccc2C1.Cl. The molecule has 1 aromatic rings. The third kappa shape index (κ3) is 6.20. The largest absolute Gasteiger partial charge is 0.356 e. The Labute approximate surface area is 144 Å². The van der Waals surface area contributed by atoms with E-state index >= 15 is 0 Å². The summed E-state index contributed by atoms with van der Waals surface area (Å²) >= 11 is 0. The van der Waals surface area contributed by atoms with Crippen molar-refractivity contribution in [2.24, 2.45) is 0 Å². The fraction of sp³-hybridized carbons (Fsp3) is 0.529. The van der Waals surface area contributed by atoms with Gasteiger partial charge in [0.05, 0.1) is 0 Å². The number of carbonyl (C=O) groups excluding carboxylic acids is 2. The maximum atomic E-state index is 12.2. The van der Waals surface area contributed by atoms with E-state index in [0.29, 0.717) is 38.9 Å². The summed E-state index contributed by atoms with van der Waals surface area (Å²) in [4.78, 5) is 25.6. The molecule has 0 radical (unpaired) electrons. The summed E-state index contributed by atoms with van der Waals surface area (Å²) < 4.78 is 0. The molecule has 0 bridgehead atoms. The summed E-state index contributed by atoms with van der Waals surface area (Å²) in [7, 11) is 1.88. The third-order valence-electron chi connectivity index (χ3n) is 3.91. The smallest absolute Gasteiger partial charge is 0.223 e. The Morgan fingerprint density at radius 2 is 1.65 bits per heavy atom. The molecule has 5 nitrogen and oxygen atoms in total. The van der Waals surface area contributed by atoms with Crippen molar-refractivity contribution in [1.29, 1.82) is 0 Å². The molecule has 2 amide bonds. The molecule has 0 spiro atoms. The van der Waals surface area contributed by atoms with E-state index in [9.17, 15) is 9.59 Å². The molecule has 0 atom stereocenters. The summed E-state index contributed by atoms with van der Waals surface area (Å²) in [5.41, 5.74) is 2.49. The summed E-state index contributed by atoms with van der Waals surface area (Å²) in [6.45, 7) is 2.85. The van der Waals surface area contributed by atoms with Crippen LogP contribution in [0.3, 0.4) is 0 Å². The van der Waals surface area contributed by atoms with Gasteiger partial charge in [-0.2, -0.15) is 0 Å². The van der Waals surface area contributed by atoms with Gasteiger partial charge < -0.3 is 15.5 Å². The lowest BCUT2D eigenvalue weighted by atomic mass is 10.1. The summed E-state index contributed by atoms with van der Waals surface area (Å²) in [5, 5.41) is 5.88. The highest BCUT2D eigenvalue weighted by Crippen LogP contribution is 2.22. The van der Waals surface area contributed by atoms with Gasteiger partial charge in [0, 0.05) is 32.5 Å². The number of nitrogens with one attached hydrogen (secondary N) is 2. The minimum Gasteiger partial charge on any atom is -0.356 e. The molecule has 1 aromatic carbocycles. The van der Waals surface area contributed by atoms with Gasteiger partial charge >= 0.3 is 0 Å². The van der Waals surface area contributed by atoms with Crippen molar-refractivity contribution < 1.29 is 9.59 Å². The molecule has 1 aliphatic heterocycles. The lowest BCUT2D eigenvalue weighted by Crippen LogP contribution is -2.28. The van der Waals surface area contributed by atoms with E-state index in [4.69, 9.17) is 0 Å². The molecule has 2 rings (SSSR count). The molecule has 1 aliphatic rings. The number of carbonyl (C=O) groups is 2. The van der Waals surface area contributed by atoms with Gasteiger partial charge in [-0.15, -0.1) is 12.4 Å². The van der Waals surface area contributed by atoms with Gasteiger partial charge in [-0.05, 0) is 37.6 Å². The normalized spacial score (nSPS) is 12.5. The van der Waals surface area contributed by atoms with Crippen LogP contribution in [0.4, 0.5) is 0 Å². The van der Waals surface area contributed by atoms with Crippen molar-refractivity contribution in [2.45, 2.75) is 38.8 Å². The number of halogens is 1. The Balaban J connectivity index is 0.00000264. The molecular weight excluding hydrogens is 314 g/mol. The average molecular weight is 340 g/mol. The molecule has 6 heteroatoms. The summed E-state index contributed by atoms with van der Waals surface area (Å²) in [5.74, 6) is 0.233. The molecule has 0 aliphatic carbocycles. The molecule has 2 N–H and O–H groups in total. The van der Waals surface area contributed by atoms with Crippen LogP contribution in [0.15, 0.2) is 24.3 Å². The Kier molecular flexibility index (Phi) is 8.66. The Morgan fingerprint density at radius 1 is 1.04 bits per heavy atom. The van der Waals surface area contributed by atoms with Gasteiger partial charge in [0.15, 0.2) is 0 Å². The highest BCUT2D eigenvalue weighted by Gasteiger charge is 2.22. The van der Waals surface area contributed by atoms with E-state index in [1.54, 1.807) is 0 Å². The zero-order valence-corrected chi connectivity index (χ0v) is 14.5. The minimum atomic E-state index is 0. The van der Waals surface area contributed by atoms with Crippen LogP contribution in [-0.2, 0) is 22.7 Å². The van der Waals surface area contributed by atoms with Crippen molar-refractivity contribution >= 4 is 24.2 Å². The van der Waals surface area contributed by atoms with Gasteiger partial charge in [0.25, 0.3) is 0 Å². The first-order chi connectivity index (χ1) is 10.7. The lowest BCUT2D eigenvalue weighted by molar-refractivity contribution is -0.132. The predicted molar refractivity (Wildman–Crippen MR) is 93.3 cm³/mol. The Hall–Kier alpha value is -1.59. The molecule has 23 heavy (non-hydrogen) atoms. The third-order valence-corrected chi connectivity index (χ3v) is 3.91. The maximum Gasteiger partial charge on any atom is 0.223 e. The van der Waals surface area contributed by atoms with Crippen LogP contribution >= 0.6 is 12.4 Å². The molecule has 0 saturated heterocycles. The van der Waals surface area contributed by atoms with Gasteiger partial charge in [-0.25, -0.2) is 0 Å². The van der Waals surface area contributed by atoms with Crippen LogP contribution in [-0.4, -0.2) is 36.9 Å². The van der Waals surface area contributed by atoms with E-state index in [1.807, 2.05) is 24.1 Å². The highest BCUT2D eigenvalue weighted by molar-refractivity contribution is 5.85. The van der Waals surface area contributed by atoms with E-state index < -0.39 is 0 Å². The van der Waals surface area contributed by atoms with Crippen LogP contribution in [0.1, 0.15) is 36.8 Å². The second-order valence-electron chi connectivity index (χ2n) is 5.68. The first kappa shape index (κ1) is 19.5. The van der Waals surface area contributed by atoms with Crippen LogP contribution < -0.4 is 10.6 Å². The van der Waals surface area contributed by atoms with Gasteiger partial charge in [0.2, 0.25) is 11.8 Å². The van der Waals surface area contributed by atoms with Crippen LogP contribution in [0, 0.1) is 0 Å². The molecule has 0 saturated carbocycles. The monoisotopic (exact) mass is 339 g/mol. The van der Waals surface area contributed by atoms with E-state index in [0.717, 1.165) is 13.0 Å². The molecule has 0 unspecified atom stereocenters. The topological polar surface area (TPSA) is 61.4 Å². The second kappa shape index (κ2) is 10.2. The van der Waals surface area contributed by atoms with Crippen molar-refractivity contribution in [3.8, 4) is 0 Å². The van der Waals surface area contributed by atoms with Crippen molar-refractivity contribution in [1.82, 2.24) is 15.5 Å². The zero-order chi connectivity index (χ0) is 15.8. The molecule has 1 heterocycles. The summed E-state index contributed by atoms with van der Waals surface area (Å²) in [6, 6.07) is 8.18. The van der Waals surface area contributed by atoms with E-state index in [1.165, 1.54) is 11.1 Å². The van der Waals surface area contributed by atoms with Gasteiger partial charge in [0.1, 0.15) is 0 Å². The lowest BCUT2D eigenvalue weighted by Gasteiger charge is -2.15. The van der Waals surface area contributed by atoms with Crippen molar-refractivity contribution in [2.75, 3.05) is 20.1 Å². The van der Waals surface area contributed by atoms with Gasteiger partial charge in [-0.1, -0.05) is 24.3 Å².